The number of hydrogen-bond acceptors (Lipinski definition) is 6. The lowest BCUT2D eigenvalue weighted by atomic mass is 10.2. The van der Waals surface area contributed by atoms with E-state index in [1.807, 2.05) is 42.5 Å². The minimum Gasteiger partial charge on any atom is -0.339 e. The zero-order valence-corrected chi connectivity index (χ0v) is 15.8. The molecule has 0 bridgehead atoms. The lowest BCUT2D eigenvalue weighted by Crippen LogP contribution is -1.96. The molecule has 29 heavy (non-hydrogen) atoms. The summed E-state index contributed by atoms with van der Waals surface area (Å²) in [5, 5.41) is 3.69. The molecular weight excluding hydrogens is 386 g/mol. The predicted molar refractivity (Wildman–Crippen MR) is 113 cm³/mol. The van der Waals surface area contributed by atoms with Gasteiger partial charge >= 0.3 is 0 Å². The smallest absolute Gasteiger partial charge is 0.148 e. The highest BCUT2D eigenvalue weighted by atomic mass is 35.5. The van der Waals surface area contributed by atoms with E-state index >= 15 is 0 Å². The molecule has 5 aromatic rings. The third-order valence-electron chi connectivity index (χ3n) is 4.32. The van der Waals surface area contributed by atoms with Gasteiger partial charge in [0.2, 0.25) is 0 Å². The topological polar surface area (TPSA) is 92.3 Å². The number of halogens is 1. The number of fused-ring (bicyclic) bond motifs is 1. The zero-order valence-electron chi connectivity index (χ0n) is 15.0. The molecule has 4 aromatic heterocycles. The van der Waals surface area contributed by atoms with Gasteiger partial charge in [-0.3, -0.25) is 4.98 Å². The molecule has 4 heterocycles. The first-order valence-corrected chi connectivity index (χ1v) is 9.24. The number of H-pyrrole nitrogens is 1. The van der Waals surface area contributed by atoms with Crippen molar-refractivity contribution in [3.05, 3.63) is 78.5 Å². The van der Waals surface area contributed by atoms with E-state index in [-0.39, 0.29) is 0 Å². The van der Waals surface area contributed by atoms with Gasteiger partial charge in [-0.1, -0.05) is 29.8 Å². The Hall–Kier alpha value is -3.84. The Balaban J connectivity index is 1.39. The maximum absolute atomic E-state index is 5.95. The monoisotopic (exact) mass is 399 g/mol. The fraction of sp³-hybridized carbons (Fsp3) is 0. The van der Waals surface area contributed by atoms with Gasteiger partial charge in [0, 0.05) is 23.5 Å². The molecule has 2 N–H and O–H groups in total. The highest BCUT2D eigenvalue weighted by Crippen LogP contribution is 2.25. The van der Waals surface area contributed by atoms with Gasteiger partial charge in [0.05, 0.1) is 29.8 Å². The van der Waals surface area contributed by atoms with Crippen LogP contribution in [0.2, 0.25) is 5.15 Å². The largest absolute Gasteiger partial charge is 0.339 e. The zero-order chi connectivity index (χ0) is 19.6. The third kappa shape index (κ3) is 3.63. The molecule has 0 unspecified atom stereocenters. The Morgan fingerprint density at radius 3 is 2.62 bits per heavy atom. The first kappa shape index (κ1) is 17.3. The van der Waals surface area contributed by atoms with Crippen LogP contribution in [0.4, 0.5) is 11.5 Å². The summed E-state index contributed by atoms with van der Waals surface area (Å²) in [5.41, 5.74) is 4.92. The predicted octanol–water partition coefficient (Wildman–Crippen LogP) is 4.87. The molecule has 0 saturated heterocycles. The highest BCUT2D eigenvalue weighted by molar-refractivity contribution is 6.29. The van der Waals surface area contributed by atoms with Gasteiger partial charge < -0.3 is 10.3 Å². The van der Waals surface area contributed by atoms with Crippen LogP contribution in [0.5, 0.6) is 0 Å². The van der Waals surface area contributed by atoms with Gasteiger partial charge in [-0.15, -0.1) is 0 Å². The molecule has 0 saturated carbocycles. The number of nitrogens with one attached hydrogen (secondary N) is 2. The molecular formula is C21H14ClN7. The Bertz CT molecular complexity index is 1280. The van der Waals surface area contributed by atoms with Crippen LogP contribution in [0.3, 0.4) is 0 Å². The van der Waals surface area contributed by atoms with E-state index in [2.05, 4.69) is 35.2 Å². The summed E-state index contributed by atoms with van der Waals surface area (Å²) in [5.74, 6) is 1.38. The molecule has 8 heteroatoms. The average Bonchev–Trinajstić information content (AvgIpc) is 3.18. The van der Waals surface area contributed by atoms with Gasteiger partial charge in [-0.05, 0) is 24.3 Å². The number of aromatic nitrogens is 6. The van der Waals surface area contributed by atoms with Gasteiger partial charge in [0.25, 0.3) is 0 Å². The molecule has 0 amide bonds. The molecule has 140 valence electrons. The van der Waals surface area contributed by atoms with Crippen molar-refractivity contribution in [3.8, 4) is 22.8 Å². The van der Waals surface area contributed by atoms with E-state index < -0.39 is 0 Å². The number of rotatable bonds is 4. The Morgan fingerprint density at radius 2 is 1.79 bits per heavy atom. The van der Waals surface area contributed by atoms with E-state index in [9.17, 15) is 0 Å². The van der Waals surface area contributed by atoms with E-state index in [1.54, 1.807) is 30.9 Å². The van der Waals surface area contributed by atoms with Crippen molar-refractivity contribution in [3.63, 3.8) is 0 Å². The normalized spacial score (nSPS) is 10.9. The molecule has 0 atom stereocenters. The summed E-state index contributed by atoms with van der Waals surface area (Å²) in [6, 6.07) is 15.3. The minimum atomic E-state index is 0.427. The Labute approximate surface area is 170 Å². The van der Waals surface area contributed by atoms with Crippen molar-refractivity contribution in [1.29, 1.82) is 0 Å². The lowest BCUT2D eigenvalue weighted by molar-refractivity contribution is 1.17. The summed E-state index contributed by atoms with van der Waals surface area (Å²) in [4.78, 5) is 25.1. The minimum absolute atomic E-state index is 0.427. The third-order valence-corrected chi connectivity index (χ3v) is 4.53. The molecule has 0 spiro atoms. The quantitative estimate of drug-likeness (QED) is 0.419. The number of hydrogen-bond donors (Lipinski definition) is 2. The second-order valence-electron chi connectivity index (χ2n) is 6.32. The van der Waals surface area contributed by atoms with E-state index in [1.165, 1.54) is 0 Å². The van der Waals surface area contributed by atoms with Crippen LogP contribution in [0.1, 0.15) is 0 Å². The lowest BCUT2D eigenvalue weighted by Gasteiger charge is -2.07. The maximum atomic E-state index is 5.95. The van der Waals surface area contributed by atoms with E-state index in [4.69, 9.17) is 11.6 Å². The maximum Gasteiger partial charge on any atom is 0.148 e. The summed E-state index contributed by atoms with van der Waals surface area (Å²) in [6.45, 7) is 0. The number of pyridine rings is 2. The van der Waals surface area contributed by atoms with Gasteiger partial charge in [-0.2, -0.15) is 0 Å². The Kier molecular flexibility index (Phi) is 4.34. The average molecular weight is 400 g/mol. The second kappa shape index (κ2) is 7.29. The van der Waals surface area contributed by atoms with Gasteiger partial charge in [0.1, 0.15) is 28.0 Å². The molecule has 0 aliphatic rings. The van der Waals surface area contributed by atoms with Crippen LogP contribution in [-0.2, 0) is 0 Å². The van der Waals surface area contributed by atoms with Crippen LogP contribution in [0, 0.1) is 0 Å². The second-order valence-corrected chi connectivity index (χ2v) is 6.70. The standard InChI is InChI=1S/C21H14ClN7/c22-19-9-16-18(11-25-19)29-21(28-16)13-4-3-5-14(8-13)27-20-12-24-17(10-26-20)15-6-1-2-7-23-15/h1-12H,(H,26,27)(H,28,29). The van der Waals surface area contributed by atoms with Crippen LogP contribution < -0.4 is 5.32 Å². The van der Waals surface area contributed by atoms with Crippen molar-refractivity contribution in [1.82, 2.24) is 29.9 Å². The number of imidazole rings is 1. The van der Waals surface area contributed by atoms with Crippen molar-refractivity contribution < 1.29 is 0 Å². The van der Waals surface area contributed by atoms with E-state index in [0.29, 0.717) is 11.0 Å². The SMILES string of the molecule is Clc1cc2[nH]c(-c3cccc(Nc4cnc(-c5ccccn5)cn4)c3)nc2cn1. The van der Waals surface area contributed by atoms with Crippen molar-refractivity contribution in [2.45, 2.75) is 0 Å². The fourth-order valence-electron chi connectivity index (χ4n) is 2.96. The first-order chi connectivity index (χ1) is 14.2. The van der Waals surface area contributed by atoms with Crippen LogP contribution in [0.15, 0.2) is 73.3 Å². The van der Waals surface area contributed by atoms with Crippen LogP contribution >= 0.6 is 11.6 Å². The van der Waals surface area contributed by atoms with Gasteiger partial charge in [-0.25, -0.2) is 19.9 Å². The molecule has 1 aromatic carbocycles. The Morgan fingerprint density at radius 1 is 0.828 bits per heavy atom. The molecule has 7 nitrogen and oxygen atoms in total. The molecule has 5 rings (SSSR count). The summed E-state index contributed by atoms with van der Waals surface area (Å²) >= 11 is 5.95. The number of anilines is 2. The first-order valence-electron chi connectivity index (χ1n) is 8.87. The molecule has 0 aliphatic carbocycles. The van der Waals surface area contributed by atoms with Crippen molar-refractivity contribution in [2.24, 2.45) is 0 Å². The van der Waals surface area contributed by atoms with Crippen molar-refractivity contribution in [2.75, 3.05) is 5.32 Å². The summed E-state index contributed by atoms with van der Waals surface area (Å²) in [6.07, 6.45) is 6.77. The van der Waals surface area contributed by atoms with E-state index in [0.717, 1.165) is 39.5 Å². The van der Waals surface area contributed by atoms with Crippen LogP contribution in [0.25, 0.3) is 33.8 Å². The van der Waals surface area contributed by atoms with Crippen molar-refractivity contribution >= 4 is 34.1 Å². The van der Waals surface area contributed by atoms with Crippen LogP contribution in [-0.4, -0.2) is 29.9 Å². The van der Waals surface area contributed by atoms with Gasteiger partial charge in [0.15, 0.2) is 0 Å². The highest BCUT2D eigenvalue weighted by Gasteiger charge is 2.08. The molecule has 0 radical (unpaired) electrons. The molecule has 0 fully saturated rings. The number of benzene rings is 1. The number of aromatic amines is 1. The summed E-state index contributed by atoms with van der Waals surface area (Å²) < 4.78 is 0. The molecule has 0 aliphatic heterocycles. The fourth-order valence-corrected chi connectivity index (χ4v) is 3.11. The summed E-state index contributed by atoms with van der Waals surface area (Å²) in [7, 11) is 0. The number of nitrogens with zero attached hydrogens (tertiary/aromatic N) is 5.